The van der Waals surface area contributed by atoms with Crippen LogP contribution >= 0.6 is 11.3 Å². The number of nitrogens with zero attached hydrogens (tertiary/aromatic N) is 1. The lowest BCUT2D eigenvalue weighted by Gasteiger charge is -2.21. The summed E-state index contributed by atoms with van der Waals surface area (Å²) in [5, 5.41) is 13.4. The molecule has 0 aromatic carbocycles. The van der Waals surface area contributed by atoms with Gasteiger partial charge in [0, 0.05) is 12.5 Å². The van der Waals surface area contributed by atoms with Crippen molar-refractivity contribution in [1.29, 1.82) is 0 Å². The van der Waals surface area contributed by atoms with Crippen LogP contribution in [-0.4, -0.2) is 29.1 Å². The van der Waals surface area contributed by atoms with Crippen molar-refractivity contribution >= 4 is 17.3 Å². The fourth-order valence-corrected chi connectivity index (χ4v) is 2.97. The lowest BCUT2D eigenvalue weighted by molar-refractivity contribution is 0.0700. The Kier molecular flexibility index (Phi) is 3.56. The second-order valence-corrected chi connectivity index (χ2v) is 5.11. The van der Waals surface area contributed by atoms with Crippen molar-refractivity contribution in [1.82, 2.24) is 10.3 Å². The predicted octanol–water partition coefficient (Wildman–Crippen LogP) is 1.87. The van der Waals surface area contributed by atoms with Crippen LogP contribution in [0.2, 0.25) is 0 Å². The number of hydrogen-bond acceptors (Lipinski definition) is 4. The minimum atomic E-state index is -0.835. The number of carbonyl (C=O) groups is 1. The van der Waals surface area contributed by atoms with E-state index in [1.54, 1.807) is 0 Å². The zero-order chi connectivity index (χ0) is 11.5. The number of rotatable bonds is 3. The number of piperidine rings is 1. The number of carboxylic acid groups (broad SMARTS) is 1. The summed E-state index contributed by atoms with van der Waals surface area (Å²) in [4.78, 5) is 16.1. The van der Waals surface area contributed by atoms with Crippen LogP contribution < -0.4 is 5.32 Å². The highest BCUT2D eigenvalue weighted by atomic mass is 32.1. The highest BCUT2D eigenvalue weighted by Gasteiger charge is 2.25. The zero-order valence-electron chi connectivity index (χ0n) is 9.32. The smallest absolute Gasteiger partial charge is 0.347 e. The molecule has 1 unspecified atom stereocenters. The van der Waals surface area contributed by atoms with Gasteiger partial charge in [0.25, 0.3) is 0 Å². The van der Waals surface area contributed by atoms with E-state index in [1.807, 2.05) is 6.92 Å². The summed E-state index contributed by atoms with van der Waals surface area (Å²) in [7, 11) is 0. The third-order valence-electron chi connectivity index (χ3n) is 2.88. The van der Waals surface area contributed by atoms with Crippen LogP contribution in [0.3, 0.4) is 0 Å². The number of aromatic carboxylic acids is 1. The Morgan fingerprint density at radius 1 is 1.69 bits per heavy atom. The van der Waals surface area contributed by atoms with E-state index in [0.29, 0.717) is 4.88 Å². The number of hydrogen-bond donors (Lipinski definition) is 2. The van der Waals surface area contributed by atoms with E-state index in [2.05, 4.69) is 10.3 Å². The molecule has 1 saturated heterocycles. The van der Waals surface area contributed by atoms with Crippen LogP contribution in [0.5, 0.6) is 0 Å². The average molecular weight is 240 g/mol. The normalized spacial score (nSPS) is 20.9. The molecule has 0 bridgehead atoms. The maximum absolute atomic E-state index is 11.1. The van der Waals surface area contributed by atoms with Gasteiger partial charge in [0.1, 0.15) is 4.88 Å². The molecule has 1 aliphatic heterocycles. The zero-order valence-corrected chi connectivity index (χ0v) is 10.1. The van der Waals surface area contributed by atoms with Crippen LogP contribution in [0, 0.1) is 0 Å². The fourth-order valence-electron chi connectivity index (χ4n) is 2.04. The quantitative estimate of drug-likeness (QED) is 0.846. The van der Waals surface area contributed by atoms with E-state index < -0.39 is 5.97 Å². The van der Waals surface area contributed by atoms with E-state index in [0.717, 1.165) is 43.1 Å². The molecular formula is C11H16N2O2S. The number of nitrogens with one attached hydrogen (secondary N) is 1. The summed E-state index contributed by atoms with van der Waals surface area (Å²) in [6, 6.07) is 0. The van der Waals surface area contributed by atoms with Gasteiger partial charge in [-0.1, -0.05) is 6.92 Å². The number of aromatic nitrogens is 1. The minimum Gasteiger partial charge on any atom is -0.477 e. The lowest BCUT2D eigenvalue weighted by atomic mass is 9.95. The Morgan fingerprint density at radius 2 is 2.50 bits per heavy atom. The molecule has 88 valence electrons. The Morgan fingerprint density at radius 3 is 3.06 bits per heavy atom. The van der Waals surface area contributed by atoms with Crippen molar-refractivity contribution in [2.24, 2.45) is 0 Å². The van der Waals surface area contributed by atoms with Crippen LogP contribution in [0.1, 0.15) is 46.1 Å². The van der Waals surface area contributed by atoms with Gasteiger partial charge in [-0.25, -0.2) is 9.78 Å². The van der Waals surface area contributed by atoms with Crippen LogP contribution in [0.15, 0.2) is 0 Å². The first-order chi connectivity index (χ1) is 7.72. The van der Waals surface area contributed by atoms with Crippen molar-refractivity contribution in [3.63, 3.8) is 0 Å². The van der Waals surface area contributed by atoms with Gasteiger partial charge in [0.15, 0.2) is 0 Å². The molecule has 0 radical (unpaired) electrons. The standard InChI is InChI=1S/C11H16N2O2S/c1-2-8-13-9(10(16-8)11(14)15)7-4-3-5-12-6-7/h7,12H,2-6H2,1H3,(H,14,15). The van der Waals surface area contributed by atoms with E-state index >= 15 is 0 Å². The lowest BCUT2D eigenvalue weighted by Crippen LogP contribution is -2.29. The molecule has 1 fully saturated rings. The molecule has 1 aromatic rings. The molecule has 2 rings (SSSR count). The molecular weight excluding hydrogens is 224 g/mol. The van der Waals surface area contributed by atoms with Crippen molar-refractivity contribution < 1.29 is 9.90 Å². The molecule has 1 aliphatic rings. The van der Waals surface area contributed by atoms with Crippen molar-refractivity contribution in [3.05, 3.63) is 15.6 Å². The summed E-state index contributed by atoms with van der Waals surface area (Å²) in [6.45, 7) is 3.89. The largest absolute Gasteiger partial charge is 0.477 e. The van der Waals surface area contributed by atoms with Gasteiger partial charge in [-0.15, -0.1) is 11.3 Å². The van der Waals surface area contributed by atoms with Crippen molar-refractivity contribution in [2.45, 2.75) is 32.1 Å². The Bertz CT molecular complexity index is 383. The van der Waals surface area contributed by atoms with Gasteiger partial charge in [0.2, 0.25) is 0 Å². The Balaban J connectivity index is 2.29. The van der Waals surface area contributed by atoms with Gasteiger partial charge >= 0.3 is 5.97 Å². The fraction of sp³-hybridized carbons (Fsp3) is 0.636. The third kappa shape index (κ3) is 2.25. The topological polar surface area (TPSA) is 62.2 Å². The number of aryl methyl sites for hydroxylation is 1. The predicted molar refractivity (Wildman–Crippen MR) is 63.3 cm³/mol. The molecule has 2 heterocycles. The van der Waals surface area contributed by atoms with E-state index in [9.17, 15) is 4.79 Å². The average Bonchev–Trinajstić information content (AvgIpc) is 2.74. The summed E-state index contributed by atoms with van der Waals surface area (Å²) in [5.74, 6) is -0.561. The van der Waals surface area contributed by atoms with Gasteiger partial charge in [-0.2, -0.15) is 0 Å². The van der Waals surface area contributed by atoms with Crippen LogP contribution in [-0.2, 0) is 6.42 Å². The molecule has 16 heavy (non-hydrogen) atoms. The second-order valence-electron chi connectivity index (χ2n) is 4.02. The van der Waals surface area contributed by atoms with Gasteiger partial charge in [0.05, 0.1) is 10.7 Å². The van der Waals surface area contributed by atoms with E-state index in [4.69, 9.17) is 5.11 Å². The van der Waals surface area contributed by atoms with E-state index in [-0.39, 0.29) is 5.92 Å². The van der Waals surface area contributed by atoms with Crippen molar-refractivity contribution in [2.75, 3.05) is 13.1 Å². The van der Waals surface area contributed by atoms with E-state index in [1.165, 1.54) is 11.3 Å². The molecule has 0 aliphatic carbocycles. The Labute approximate surface area is 98.7 Å². The first-order valence-electron chi connectivity index (χ1n) is 5.66. The Hall–Kier alpha value is -0.940. The minimum absolute atomic E-state index is 0.274. The summed E-state index contributed by atoms with van der Waals surface area (Å²) in [6.07, 6.45) is 2.95. The second kappa shape index (κ2) is 4.93. The summed E-state index contributed by atoms with van der Waals surface area (Å²) in [5.41, 5.74) is 0.793. The van der Waals surface area contributed by atoms with Gasteiger partial charge < -0.3 is 10.4 Å². The van der Waals surface area contributed by atoms with Crippen LogP contribution in [0.25, 0.3) is 0 Å². The maximum atomic E-state index is 11.1. The highest BCUT2D eigenvalue weighted by Crippen LogP contribution is 2.29. The molecule has 1 aromatic heterocycles. The maximum Gasteiger partial charge on any atom is 0.347 e. The first kappa shape index (κ1) is 11.5. The third-order valence-corrected chi connectivity index (χ3v) is 4.08. The van der Waals surface area contributed by atoms with Gasteiger partial charge in [-0.3, -0.25) is 0 Å². The monoisotopic (exact) mass is 240 g/mol. The summed E-state index contributed by atoms with van der Waals surface area (Å²) >= 11 is 1.32. The molecule has 0 spiro atoms. The number of carboxylic acids is 1. The molecule has 5 heteroatoms. The molecule has 4 nitrogen and oxygen atoms in total. The van der Waals surface area contributed by atoms with Crippen molar-refractivity contribution in [3.8, 4) is 0 Å². The van der Waals surface area contributed by atoms with Crippen LogP contribution in [0.4, 0.5) is 0 Å². The highest BCUT2D eigenvalue weighted by molar-refractivity contribution is 7.13. The molecule has 0 amide bonds. The number of thiazole rings is 1. The SMILES string of the molecule is CCc1nc(C2CCCNC2)c(C(=O)O)s1. The molecule has 0 saturated carbocycles. The molecule has 2 N–H and O–H groups in total. The molecule has 1 atom stereocenters. The first-order valence-corrected chi connectivity index (χ1v) is 6.47. The summed E-state index contributed by atoms with van der Waals surface area (Å²) < 4.78 is 0. The van der Waals surface area contributed by atoms with Gasteiger partial charge in [-0.05, 0) is 25.8 Å².